The molecule has 4 aromatic rings. The molecule has 0 fully saturated rings. The second kappa shape index (κ2) is 11.3. The van der Waals surface area contributed by atoms with E-state index in [-0.39, 0.29) is 22.1 Å². The lowest BCUT2D eigenvalue weighted by Crippen LogP contribution is -2.46. The molecule has 0 radical (unpaired) electrons. The smallest absolute Gasteiger partial charge is 0.340 e. The van der Waals surface area contributed by atoms with E-state index in [0.29, 0.717) is 18.4 Å². The summed E-state index contributed by atoms with van der Waals surface area (Å²) in [6, 6.07) is 19.8. The summed E-state index contributed by atoms with van der Waals surface area (Å²) in [6.07, 6.45) is 0.992. The molecule has 1 heterocycles. The van der Waals surface area contributed by atoms with Crippen LogP contribution in [-0.4, -0.2) is 20.4 Å². The number of sulfonamides is 1. The van der Waals surface area contributed by atoms with Crippen molar-refractivity contribution in [3.05, 3.63) is 105 Å². The van der Waals surface area contributed by atoms with E-state index in [4.69, 9.17) is 9.15 Å². The van der Waals surface area contributed by atoms with Crippen LogP contribution < -0.4 is 15.1 Å². The van der Waals surface area contributed by atoms with Gasteiger partial charge in [0, 0.05) is 23.4 Å². The van der Waals surface area contributed by atoms with Gasteiger partial charge < -0.3 is 9.15 Å². The summed E-state index contributed by atoms with van der Waals surface area (Å²) in [5.74, 6) is -0.915. The van der Waals surface area contributed by atoms with E-state index < -0.39 is 27.7 Å². The Morgan fingerprint density at radius 3 is 2.34 bits per heavy atom. The van der Waals surface area contributed by atoms with Crippen molar-refractivity contribution in [2.24, 2.45) is 5.92 Å². The van der Waals surface area contributed by atoms with E-state index >= 15 is 0 Å². The third-order valence-electron chi connectivity index (χ3n) is 6.78. The van der Waals surface area contributed by atoms with Crippen molar-refractivity contribution in [2.75, 3.05) is 0 Å². The second-order valence-electron chi connectivity index (χ2n) is 9.53. The van der Waals surface area contributed by atoms with Crippen molar-refractivity contribution in [1.29, 1.82) is 0 Å². The molecule has 0 aliphatic carbocycles. The molecule has 0 saturated carbocycles. The van der Waals surface area contributed by atoms with Gasteiger partial charge in [-0.25, -0.2) is 18.0 Å². The molecule has 3 aromatic carbocycles. The van der Waals surface area contributed by atoms with Crippen molar-refractivity contribution in [3.63, 3.8) is 0 Å². The number of fused-ring (bicyclic) bond motifs is 1. The highest BCUT2D eigenvalue weighted by Gasteiger charge is 2.31. The molecule has 4 rings (SSSR count). The van der Waals surface area contributed by atoms with Crippen LogP contribution in [0.15, 0.2) is 86.9 Å². The SMILES string of the molecule is CC[C@@H](C)[C@@H](NS(=O)(=O)c1ccc(C)cc1)C(=O)Oc1ccc2c(C)c(Cc3ccccc3)c(=O)oc2c1. The lowest BCUT2D eigenvalue weighted by molar-refractivity contribution is -0.137. The number of hydrogen-bond acceptors (Lipinski definition) is 6. The monoisotopic (exact) mass is 533 g/mol. The minimum Gasteiger partial charge on any atom is -0.425 e. The van der Waals surface area contributed by atoms with Gasteiger partial charge in [0.25, 0.3) is 0 Å². The highest BCUT2D eigenvalue weighted by atomic mass is 32.2. The van der Waals surface area contributed by atoms with E-state index in [1.54, 1.807) is 31.2 Å². The van der Waals surface area contributed by atoms with Gasteiger partial charge in [0.15, 0.2) is 0 Å². The van der Waals surface area contributed by atoms with E-state index in [0.717, 1.165) is 22.1 Å². The van der Waals surface area contributed by atoms with Crippen LogP contribution in [0, 0.1) is 19.8 Å². The fourth-order valence-electron chi connectivity index (χ4n) is 4.21. The molecule has 38 heavy (non-hydrogen) atoms. The first-order valence-corrected chi connectivity index (χ1v) is 14.0. The molecule has 0 bridgehead atoms. The maximum Gasteiger partial charge on any atom is 0.340 e. The van der Waals surface area contributed by atoms with E-state index in [1.807, 2.05) is 51.1 Å². The lowest BCUT2D eigenvalue weighted by atomic mass is 9.99. The lowest BCUT2D eigenvalue weighted by Gasteiger charge is -2.22. The Hall–Kier alpha value is -3.75. The zero-order chi connectivity index (χ0) is 27.4. The number of rotatable bonds is 9. The second-order valence-corrected chi connectivity index (χ2v) is 11.2. The Morgan fingerprint density at radius 2 is 1.68 bits per heavy atom. The average molecular weight is 534 g/mol. The normalized spacial score (nSPS) is 13.3. The third kappa shape index (κ3) is 6.03. The van der Waals surface area contributed by atoms with Gasteiger partial charge in [-0.3, -0.25) is 0 Å². The molecule has 0 aliphatic rings. The number of ether oxygens (including phenoxy) is 1. The van der Waals surface area contributed by atoms with Crippen molar-refractivity contribution < 1.29 is 22.4 Å². The molecule has 0 amide bonds. The summed E-state index contributed by atoms with van der Waals surface area (Å²) >= 11 is 0. The van der Waals surface area contributed by atoms with Crippen LogP contribution >= 0.6 is 0 Å². The summed E-state index contributed by atoms with van der Waals surface area (Å²) in [4.78, 5) is 26.0. The Balaban J connectivity index is 1.59. The molecule has 1 aromatic heterocycles. The van der Waals surface area contributed by atoms with Crippen molar-refractivity contribution >= 4 is 27.0 Å². The fourth-order valence-corrected chi connectivity index (χ4v) is 5.50. The van der Waals surface area contributed by atoms with Crippen LogP contribution in [0.4, 0.5) is 0 Å². The van der Waals surface area contributed by atoms with Crippen LogP contribution in [0.5, 0.6) is 5.75 Å². The molecule has 0 aliphatic heterocycles. The first-order valence-electron chi connectivity index (χ1n) is 12.5. The number of benzene rings is 3. The predicted molar refractivity (Wildman–Crippen MR) is 147 cm³/mol. The van der Waals surface area contributed by atoms with Gasteiger partial charge in [-0.05, 0) is 55.2 Å². The zero-order valence-corrected chi connectivity index (χ0v) is 22.7. The van der Waals surface area contributed by atoms with Crippen molar-refractivity contribution in [1.82, 2.24) is 4.72 Å². The number of esters is 1. The molecule has 0 unspecified atom stereocenters. The molecule has 0 spiro atoms. The summed E-state index contributed by atoms with van der Waals surface area (Å²) in [5, 5.41) is 0.730. The highest BCUT2D eigenvalue weighted by Crippen LogP contribution is 2.26. The van der Waals surface area contributed by atoms with Crippen molar-refractivity contribution in [2.45, 2.75) is 51.5 Å². The molecule has 1 N–H and O–H groups in total. The van der Waals surface area contributed by atoms with Gasteiger partial charge in [-0.2, -0.15) is 4.72 Å². The molecule has 8 heteroatoms. The number of hydrogen-bond donors (Lipinski definition) is 1. The summed E-state index contributed by atoms with van der Waals surface area (Å²) < 4.78 is 39.6. The molecular weight excluding hydrogens is 502 g/mol. The van der Waals surface area contributed by atoms with Gasteiger partial charge in [0.05, 0.1) is 4.90 Å². The maximum absolute atomic E-state index is 13.2. The number of carbonyl (C=O) groups is 1. The Bertz CT molecular complexity index is 1610. The van der Waals surface area contributed by atoms with Gasteiger partial charge in [-0.15, -0.1) is 0 Å². The third-order valence-corrected chi connectivity index (χ3v) is 8.24. The maximum atomic E-state index is 13.2. The molecule has 0 saturated heterocycles. The first-order chi connectivity index (χ1) is 18.1. The Labute approximate surface area is 222 Å². The van der Waals surface area contributed by atoms with E-state index in [2.05, 4.69) is 4.72 Å². The number of carbonyl (C=O) groups excluding carboxylic acids is 1. The summed E-state index contributed by atoms with van der Waals surface area (Å²) in [5.41, 5.74) is 3.11. The van der Waals surface area contributed by atoms with E-state index in [9.17, 15) is 18.0 Å². The average Bonchev–Trinajstić information content (AvgIpc) is 2.90. The number of nitrogens with one attached hydrogen (secondary N) is 1. The Kier molecular flexibility index (Phi) is 8.14. The number of aryl methyl sites for hydroxylation is 2. The molecule has 198 valence electrons. The minimum absolute atomic E-state index is 0.0680. The van der Waals surface area contributed by atoms with Gasteiger partial charge in [0.1, 0.15) is 17.4 Å². The van der Waals surface area contributed by atoms with Crippen LogP contribution in [0.1, 0.15) is 42.5 Å². The van der Waals surface area contributed by atoms with Gasteiger partial charge >= 0.3 is 11.6 Å². The summed E-state index contributed by atoms with van der Waals surface area (Å²) in [7, 11) is -3.96. The van der Waals surface area contributed by atoms with Crippen LogP contribution in [0.2, 0.25) is 0 Å². The fraction of sp³-hybridized carbons (Fsp3) is 0.267. The van der Waals surface area contributed by atoms with E-state index in [1.165, 1.54) is 18.2 Å². The highest BCUT2D eigenvalue weighted by molar-refractivity contribution is 7.89. The van der Waals surface area contributed by atoms with Crippen LogP contribution in [-0.2, 0) is 21.2 Å². The van der Waals surface area contributed by atoms with Gasteiger partial charge in [-0.1, -0.05) is 68.3 Å². The molecular formula is C30H31NO6S. The minimum atomic E-state index is -3.96. The largest absolute Gasteiger partial charge is 0.425 e. The van der Waals surface area contributed by atoms with Crippen LogP contribution in [0.3, 0.4) is 0 Å². The first kappa shape index (κ1) is 27.3. The van der Waals surface area contributed by atoms with Crippen molar-refractivity contribution in [3.8, 4) is 5.75 Å². The quantitative estimate of drug-likeness (QED) is 0.178. The molecule has 7 nitrogen and oxygen atoms in total. The zero-order valence-electron chi connectivity index (χ0n) is 21.9. The molecule has 2 atom stereocenters. The Morgan fingerprint density at radius 1 is 1.00 bits per heavy atom. The van der Waals surface area contributed by atoms with Gasteiger partial charge in [0.2, 0.25) is 10.0 Å². The predicted octanol–water partition coefficient (Wildman–Crippen LogP) is 5.30. The summed E-state index contributed by atoms with van der Waals surface area (Å²) in [6.45, 7) is 7.37. The standard InChI is InChI=1S/C30H31NO6S/c1-5-20(3)28(31-38(34,35)24-14-11-19(2)12-15-24)30(33)36-23-13-16-25-21(4)26(29(32)37-27(25)18-23)17-22-9-7-6-8-10-22/h6-16,18,20,28,31H,5,17H2,1-4H3/t20-,28-/m1/s1. The topological polar surface area (TPSA) is 103 Å². The van der Waals surface area contributed by atoms with Crippen LogP contribution in [0.25, 0.3) is 11.0 Å².